The number of rotatable bonds is 6. The van der Waals surface area contributed by atoms with Gasteiger partial charge < -0.3 is 5.32 Å². The monoisotopic (exact) mass is 418 g/mol. The Morgan fingerprint density at radius 2 is 1.64 bits per heavy atom. The van der Waals surface area contributed by atoms with Crippen LogP contribution in [0, 0.1) is 0 Å². The van der Waals surface area contributed by atoms with Crippen molar-refractivity contribution in [2.24, 2.45) is 0 Å². The van der Waals surface area contributed by atoms with E-state index in [4.69, 9.17) is 0 Å². The summed E-state index contributed by atoms with van der Waals surface area (Å²) in [4.78, 5) is 0.377. The van der Waals surface area contributed by atoms with E-state index in [9.17, 15) is 8.42 Å². The van der Waals surface area contributed by atoms with Crippen LogP contribution in [0.2, 0.25) is 0 Å². The number of hydrogen-bond donors (Lipinski definition) is 1. The van der Waals surface area contributed by atoms with Crippen LogP contribution in [0.1, 0.15) is 18.5 Å². The van der Waals surface area contributed by atoms with Crippen LogP contribution in [-0.4, -0.2) is 20.7 Å². The van der Waals surface area contributed by atoms with Crippen LogP contribution < -0.4 is 5.32 Å². The van der Waals surface area contributed by atoms with Gasteiger partial charge in [0.25, 0.3) is 0 Å². The van der Waals surface area contributed by atoms with Gasteiger partial charge in [-0.25, -0.2) is 8.42 Å². The number of sulfone groups is 1. The lowest BCUT2D eigenvalue weighted by molar-refractivity contribution is -0.688. The Morgan fingerprint density at radius 1 is 0.960 bits per heavy atom. The summed E-state index contributed by atoms with van der Waals surface area (Å²) in [6.07, 6.45) is 0. The fourth-order valence-electron chi connectivity index (χ4n) is 3.01. The molecular formula is C20H21BrNO2S+. The SMILES string of the molecule is C[C@@H]([NH2+]CCS(=O)(=O)c1ccc(Br)cc1)c1cccc2ccccc12. The van der Waals surface area contributed by atoms with Gasteiger partial charge in [0.1, 0.15) is 11.8 Å². The van der Waals surface area contributed by atoms with Crippen molar-refractivity contribution in [3.05, 3.63) is 76.8 Å². The van der Waals surface area contributed by atoms with Gasteiger partial charge in [0.05, 0.1) is 11.4 Å². The van der Waals surface area contributed by atoms with E-state index >= 15 is 0 Å². The average Bonchev–Trinajstić information content (AvgIpc) is 2.61. The molecule has 3 nitrogen and oxygen atoms in total. The van der Waals surface area contributed by atoms with Crippen molar-refractivity contribution in [2.75, 3.05) is 12.3 Å². The van der Waals surface area contributed by atoms with Crippen molar-refractivity contribution >= 4 is 36.5 Å². The molecule has 0 bridgehead atoms. The first kappa shape index (κ1) is 18.1. The lowest BCUT2D eigenvalue weighted by Gasteiger charge is -2.14. The lowest BCUT2D eigenvalue weighted by atomic mass is 10.00. The van der Waals surface area contributed by atoms with Crippen LogP contribution in [0.15, 0.2) is 76.1 Å². The van der Waals surface area contributed by atoms with E-state index in [1.165, 1.54) is 16.3 Å². The average molecular weight is 419 g/mol. The van der Waals surface area contributed by atoms with E-state index in [0.29, 0.717) is 11.4 Å². The van der Waals surface area contributed by atoms with E-state index in [1.807, 2.05) is 12.1 Å². The molecule has 130 valence electrons. The number of hydrogen-bond acceptors (Lipinski definition) is 2. The highest BCUT2D eigenvalue weighted by Gasteiger charge is 2.17. The van der Waals surface area contributed by atoms with Gasteiger partial charge in [-0.05, 0) is 42.0 Å². The van der Waals surface area contributed by atoms with Crippen LogP contribution >= 0.6 is 15.9 Å². The van der Waals surface area contributed by atoms with Crippen molar-refractivity contribution in [3.63, 3.8) is 0 Å². The molecule has 0 amide bonds. The molecule has 0 saturated carbocycles. The van der Waals surface area contributed by atoms with Gasteiger partial charge in [-0.1, -0.05) is 58.4 Å². The van der Waals surface area contributed by atoms with Crippen molar-refractivity contribution in [1.29, 1.82) is 0 Å². The van der Waals surface area contributed by atoms with Gasteiger partial charge in [0.15, 0.2) is 9.84 Å². The van der Waals surface area contributed by atoms with Crippen molar-refractivity contribution in [1.82, 2.24) is 0 Å². The second kappa shape index (κ2) is 7.68. The minimum atomic E-state index is -3.25. The Bertz CT molecular complexity index is 963. The van der Waals surface area contributed by atoms with Crippen LogP contribution in [0.5, 0.6) is 0 Å². The Kier molecular flexibility index (Phi) is 5.57. The van der Waals surface area contributed by atoms with E-state index in [1.54, 1.807) is 24.3 Å². The molecule has 1 atom stereocenters. The fraction of sp³-hybridized carbons (Fsp3) is 0.200. The molecule has 3 rings (SSSR count). The molecule has 0 radical (unpaired) electrons. The number of nitrogens with two attached hydrogens (primary N) is 1. The molecule has 0 saturated heterocycles. The minimum absolute atomic E-state index is 0.129. The number of benzene rings is 3. The van der Waals surface area contributed by atoms with E-state index < -0.39 is 9.84 Å². The van der Waals surface area contributed by atoms with E-state index in [2.05, 4.69) is 58.5 Å². The molecular weight excluding hydrogens is 398 g/mol. The molecule has 0 heterocycles. The molecule has 0 aliphatic rings. The molecule has 0 aromatic heterocycles. The Morgan fingerprint density at radius 3 is 2.40 bits per heavy atom. The maximum atomic E-state index is 12.4. The van der Waals surface area contributed by atoms with Gasteiger partial charge in [0.2, 0.25) is 0 Å². The second-order valence-corrected chi connectivity index (χ2v) is 9.18. The zero-order chi connectivity index (χ0) is 17.9. The Labute approximate surface area is 157 Å². The zero-order valence-electron chi connectivity index (χ0n) is 14.0. The molecule has 0 unspecified atom stereocenters. The first-order chi connectivity index (χ1) is 12.0. The molecule has 0 aliphatic carbocycles. The van der Waals surface area contributed by atoms with Gasteiger partial charge in [-0.2, -0.15) is 0 Å². The molecule has 25 heavy (non-hydrogen) atoms. The van der Waals surface area contributed by atoms with Crippen LogP contribution in [-0.2, 0) is 9.84 Å². The maximum Gasteiger partial charge on any atom is 0.183 e. The standard InChI is InChI=1S/C20H20BrNO2S/c1-15(19-8-4-6-16-5-2-3-7-20(16)19)22-13-14-25(23,24)18-11-9-17(21)10-12-18/h2-12,15,22H,13-14H2,1H3/p+1/t15-/m1/s1. The Hall–Kier alpha value is -1.69. The third kappa shape index (κ3) is 4.29. The summed E-state index contributed by atoms with van der Waals surface area (Å²) in [7, 11) is -3.25. The quantitative estimate of drug-likeness (QED) is 0.663. The van der Waals surface area contributed by atoms with Crippen molar-refractivity contribution in [2.45, 2.75) is 17.9 Å². The predicted molar refractivity (Wildman–Crippen MR) is 105 cm³/mol. The molecule has 0 aliphatic heterocycles. The van der Waals surface area contributed by atoms with Crippen LogP contribution in [0.3, 0.4) is 0 Å². The third-order valence-corrected chi connectivity index (χ3v) is 6.69. The molecule has 0 fully saturated rings. The summed E-state index contributed by atoms with van der Waals surface area (Å²) >= 11 is 3.33. The fourth-order valence-corrected chi connectivity index (χ4v) is 4.50. The zero-order valence-corrected chi connectivity index (χ0v) is 16.4. The summed E-state index contributed by atoms with van der Waals surface area (Å²) in [6.45, 7) is 2.65. The summed E-state index contributed by atoms with van der Waals surface area (Å²) in [5.41, 5.74) is 1.24. The van der Waals surface area contributed by atoms with Crippen LogP contribution in [0.4, 0.5) is 0 Å². The van der Waals surface area contributed by atoms with Crippen molar-refractivity contribution < 1.29 is 13.7 Å². The maximum absolute atomic E-state index is 12.4. The molecule has 0 spiro atoms. The second-order valence-electron chi connectivity index (χ2n) is 6.15. The lowest BCUT2D eigenvalue weighted by Crippen LogP contribution is -2.85. The molecule has 5 heteroatoms. The van der Waals surface area contributed by atoms with E-state index in [0.717, 1.165) is 4.47 Å². The first-order valence-corrected chi connectivity index (χ1v) is 10.7. The number of fused-ring (bicyclic) bond motifs is 1. The van der Waals surface area contributed by atoms with E-state index in [-0.39, 0.29) is 11.8 Å². The summed E-state index contributed by atoms with van der Waals surface area (Å²) in [6, 6.07) is 21.6. The summed E-state index contributed by atoms with van der Waals surface area (Å²) in [5, 5.41) is 4.53. The molecule has 3 aromatic rings. The first-order valence-electron chi connectivity index (χ1n) is 8.27. The topological polar surface area (TPSA) is 50.8 Å². The number of quaternary nitrogens is 1. The largest absolute Gasteiger partial charge is 0.339 e. The normalized spacial score (nSPS) is 13.0. The summed E-state index contributed by atoms with van der Waals surface area (Å²) < 4.78 is 25.8. The highest BCUT2D eigenvalue weighted by molar-refractivity contribution is 9.10. The highest BCUT2D eigenvalue weighted by atomic mass is 79.9. The third-order valence-electron chi connectivity index (χ3n) is 4.39. The van der Waals surface area contributed by atoms with Crippen molar-refractivity contribution in [3.8, 4) is 0 Å². The molecule has 2 N–H and O–H groups in total. The van der Waals surface area contributed by atoms with Crippen LogP contribution in [0.25, 0.3) is 10.8 Å². The minimum Gasteiger partial charge on any atom is -0.339 e. The Balaban J connectivity index is 1.68. The van der Waals surface area contributed by atoms with Gasteiger partial charge in [-0.15, -0.1) is 0 Å². The number of halogens is 1. The highest BCUT2D eigenvalue weighted by Crippen LogP contribution is 2.22. The summed E-state index contributed by atoms with van der Waals surface area (Å²) in [5.74, 6) is 0.129. The smallest absolute Gasteiger partial charge is 0.183 e. The van der Waals surface area contributed by atoms with Gasteiger partial charge in [-0.3, -0.25) is 0 Å². The predicted octanol–water partition coefficient (Wildman–Crippen LogP) is 3.70. The van der Waals surface area contributed by atoms with Gasteiger partial charge in [0, 0.05) is 10.0 Å². The molecule has 3 aromatic carbocycles. The van der Waals surface area contributed by atoms with Gasteiger partial charge >= 0.3 is 0 Å².